The zero-order valence-electron chi connectivity index (χ0n) is 7.62. The molecule has 64 valence electrons. The number of hydrogen-bond acceptors (Lipinski definition) is 0. The van der Waals surface area contributed by atoms with E-state index in [0.717, 1.165) is 5.39 Å². The second-order valence-electron chi connectivity index (χ2n) is 3.37. The first-order valence-corrected chi connectivity index (χ1v) is 4.64. The summed E-state index contributed by atoms with van der Waals surface area (Å²) in [7, 11) is 0. The summed E-state index contributed by atoms with van der Waals surface area (Å²) >= 11 is 0. The average molecular weight is 176 g/mol. The molecule has 0 aliphatic carbocycles. The molecule has 0 saturated heterocycles. The third-order valence-corrected chi connectivity index (χ3v) is 2.44. The lowest BCUT2D eigenvalue weighted by molar-refractivity contribution is 1.75. The highest BCUT2D eigenvalue weighted by Gasteiger charge is 1.95. The van der Waals surface area contributed by atoms with Crippen LogP contribution >= 0.6 is 0 Å². The van der Waals surface area contributed by atoms with Gasteiger partial charge in [-0.3, -0.25) is 0 Å². The molecule has 0 nitrogen and oxygen atoms in total. The van der Waals surface area contributed by atoms with E-state index in [4.69, 9.17) is 0 Å². The Labute approximate surface area is 82.8 Å². The normalized spacial score (nSPS) is 10.9. The minimum Gasteiger partial charge on any atom is -0.0616 e. The first-order valence-electron chi connectivity index (χ1n) is 4.64. The van der Waals surface area contributed by atoms with Gasteiger partial charge in [0, 0.05) is 0 Å². The van der Waals surface area contributed by atoms with Crippen molar-refractivity contribution in [2.24, 2.45) is 0 Å². The third-order valence-electron chi connectivity index (χ3n) is 2.44. The minimum atomic E-state index is 1.13. The first kappa shape index (κ1) is 7.57. The van der Waals surface area contributed by atoms with Crippen LogP contribution in [0.25, 0.3) is 21.5 Å². The molecule has 0 unspecified atom stereocenters. The Morgan fingerprint density at radius 1 is 0.857 bits per heavy atom. The third kappa shape index (κ3) is 1.08. The highest BCUT2D eigenvalue weighted by Crippen LogP contribution is 2.21. The second-order valence-corrected chi connectivity index (χ2v) is 3.37. The van der Waals surface area contributed by atoms with Crippen molar-refractivity contribution in [3.05, 3.63) is 60.7 Å². The van der Waals surface area contributed by atoms with Crippen molar-refractivity contribution in [3.8, 4) is 0 Å². The van der Waals surface area contributed by atoms with E-state index in [1.165, 1.54) is 16.2 Å². The van der Waals surface area contributed by atoms with Crippen molar-refractivity contribution in [1.82, 2.24) is 0 Å². The first-order chi connectivity index (χ1) is 6.93. The van der Waals surface area contributed by atoms with Gasteiger partial charge in [0.15, 0.2) is 0 Å². The molecule has 3 aromatic rings. The number of rotatable bonds is 0. The van der Waals surface area contributed by atoms with E-state index in [0.29, 0.717) is 0 Å². The molecule has 0 aliphatic rings. The largest absolute Gasteiger partial charge is 0.0616 e. The molecular formula is C14H8. The molecule has 0 spiro atoms. The molecule has 0 N–H and O–H groups in total. The van der Waals surface area contributed by atoms with Gasteiger partial charge in [0.05, 0.1) is 0 Å². The number of fused-ring (bicyclic) bond motifs is 2. The molecule has 14 heavy (non-hydrogen) atoms. The van der Waals surface area contributed by atoms with Crippen LogP contribution < -0.4 is 0 Å². The summed E-state index contributed by atoms with van der Waals surface area (Å²) in [5.41, 5.74) is 0. The fraction of sp³-hybridized carbons (Fsp3) is 0. The molecule has 0 fully saturated rings. The lowest BCUT2D eigenvalue weighted by Crippen LogP contribution is -1.75. The summed E-state index contributed by atoms with van der Waals surface area (Å²) in [4.78, 5) is 0. The monoisotopic (exact) mass is 176 g/mol. The average Bonchev–Trinajstić information content (AvgIpc) is 2.26. The highest BCUT2D eigenvalue weighted by atomic mass is 14.0. The van der Waals surface area contributed by atoms with Gasteiger partial charge in [0.2, 0.25) is 0 Å². The van der Waals surface area contributed by atoms with E-state index in [9.17, 15) is 0 Å². The lowest BCUT2D eigenvalue weighted by Gasteiger charge is -2.00. The topological polar surface area (TPSA) is 0 Å². The lowest BCUT2D eigenvalue weighted by atomic mass is 10.0. The quantitative estimate of drug-likeness (QED) is 0.459. The molecule has 3 aromatic carbocycles. The highest BCUT2D eigenvalue weighted by molar-refractivity contribution is 5.97. The van der Waals surface area contributed by atoms with E-state index in [1.54, 1.807) is 0 Å². The van der Waals surface area contributed by atoms with Gasteiger partial charge >= 0.3 is 0 Å². The fourth-order valence-electron chi connectivity index (χ4n) is 1.73. The van der Waals surface area contributed by atoms with Crippen molar-refractivity contribution in [3.63, 3.8) is 0 Å². The Morgan fingerprint density at radius 3 is 2.71 bits per heavy atom. The smallest absolute Gasteiger partial charge is 0.00141 e. The molecule has 0 heterocycles. The summed E-state index contributed by atoms with van der Waals surface area (Å²) < 4.78 is 0. The van der Waals surface area contributed by atoms with E-state index in [2.05, 4.69) is 42.5 Å². The maximum absolute atomic E-state index is 3.38. The van der Waals surface area contributed by atoms with Gasteiger partial charge in [-0.2, -0.15) is 0 Å². The molecule has 0 aliphatic heterocycles. The van der Waals surface area contributed by atoms with Crippen LogP contribution in [0.5, 0.6) is 0 Å². The molecule has 0 saturated carbocycles. The Morgan fingerprint density at radius 2 is 1.71 bits per heavy atom. The van der Waals surface area contributed by atoms with Crippen molar-refractivity contribution >= 4 is 21.5 Å². The molecule has 2 radical (unpaired) electrons. The van der Waals surface area contributed by atoms with Crippen molar-refractivity contribution in [2.75, 3.05) is 0 Å². The van der Waals surface area contributed by atoms with Crippen LogP contribution in [-0.4, -0.2) is 0 Å². The summed E-state index contributed by atoms with van der Waals surface area (Å²) in [6.07, 6.45) is 0. The van der Waals surface area contributed by atoms with Gasteiger partial charge in [0.1, 0.15) is 0 Å². The molecule has 3 rings (SSSR count). The van der Waals surface area contributed by atoms with Gasteiger partial charge in [-0.15, -0.1) is 0 Å². The van der Waals surface area contributed by atoms with Gasteiger partial charge in [-0.1, -0.05) is 36.4 Å². The Kier molecular flexibility index (Phi) is 1.54. The second kappa shape index (κ2) is 2.85. The van der Waals surface area contributed by atoms with E-state index in [-0.39, 0.29) is 0 Å². The predicted octanol–water partition coefficient (Wildman–Crippen LogP) is 3.59. The fourth-order valence-corrected chi connectivity index (χ4v) is 1.73. The molecular weight excluding hydrogens is 168 g/mol. The van der Waals surface area contributed by atoms with E-state index in [1.807, 2.05) is 18.2 Å². The van der Waals surface area contributed by atoms with Gasteiger partial charge in [-0.05, 0) is 45.8 Å². The zero-order valence-corrected chi connectivity index (χ0v) is 7.62. The Balaban J connectivity index is 2.52. The van der Waals surface area contributed by atoms with Crippen molar-refractivity contribution in [1.29, 1.82) is 0 Å². The van der Waals surface area contributed by atoms with E-state index >= 15 is 0 Å². The maximum atomic E-state index is 3.38. The molecule has 0 bridgehead atoms. The molecule has 0 amide bonds. The van der Waals surface area contributed by atoms with Crippen LogP contribution in [0.4, 0.5) is 0 Å². The summed E-state index contributed by atoms with van der Waals surface area (Å²) in [5, 5.41) is 4.76. The van der Waals surface area contributed by atoms with Crippen LogP contribution in [0.15, 0.2) is 48.5 Å². The van der Waals surface area contributed by atoms with Gasteiger partial charge in [-0.25, -0.2) is 0 Å². The van der Waals surface area contributed by atoms with Crippen molar-refractivity contribution in [2.45, 2.75) is 0 Å². The Hall–Kier alpha value is -1.82. The van der Waals surface area contributed by atoms with Crippen LogP contribution in [-0.2, 0) is 0 Å². The predicted molar refractivity (Wildman–Crippen MR) is 59.1 cm³/mol. The molecule has 0 heteroatoms. The SMILES string of the molecule is [c]1ccc2cc3ccccc3[c]c2c1. The van der Waals surface area contributed by atoms with Crippen LogP contribution in [0.1, 0.15) is 0 Å². The summed E-state index contributed by atoms with van der Waals surface area (Å²) in [5.74, 6) is 0. The number of hydrogen-bond donors (Lipinski definition) is 0. The maximum Gasteiger partial charge on any atom is -0.00141 e. The standard InChI is InChI=1S/C14H8/c1-2-6-12-10-14-8-4-3-7-13(14)9-11(12)5-1/h1-3,5-9H. The van der Waals surface area contributed by atoms with Crippen LogP contribution in [0.3, 0.4) is 0 Å². The summed E-state index contributed by atoms with van der Waals surface area (Å²) in [6, 6.07) is 22.9. The van der Waals surface area contributed by atoms with Gasteiger partial charge in [0.25, 0.3) is 0 Å². The molecule has 0 atom stereocenters. The zero-order chi connectivity index (χ0) is 9.38. The summed E-state index contributed by atoms with van der Waals surface area (Å²) in [6.45, 7) is 0. The van der Waals surface area contributed by atoms with E-state index < -0.39 is 0 Å². The van der Waals surface area contributed by atoms with Crippen LogP contribution in [0.2, 0.25) is 0 Å². The number of benzene rings is 3. The molecule has 0 aromatic heterocycles. The minimum absolute atomic E-state index is 1.13. The Bertz CT molecular complexity index is 489. The van der Waals surface area contributed by atoms with Crippen LogP contribution in [0, 0.1) is 12.1 Å². The van der Waals surface area contributed by atoms with Crippen molar-refractivity contribution < 1.29 is 0 Å². The van der Waals surface area contributed by atoms with Gasteiger partial charge < -0.3 is 0 Å².